The Labute approximate surface area is 370 Å². The second-order valence-corrected chi connectivity index (χ2v) is 18.5. The molecule has 60 heavy (non-hydrogen) atoms. The van der Waals surface area contributed by atoms with Crippen molar-refractivity contribution in [2.24, 2.45) is 0 Å². The van der Waals surface area contributed by atoms with Crippen molar-refractivity contribution in [3.05, 3.63) is 129 Å². The normalized spacial score (nSPS) is 11.4. The second kappa shape index (κ2) is 31.3. The zero-order valence-corrected chi connectivity index (χ0v) is 38.9. The van der Waals surface area contributed by atoms with Gasteiger partial charge in [0.2, 0.25) is 0 Å². The number of unbranched alkanes of at least 4 members (excludes halogenated alkanes) is 23. The molecule has 4 N–H and O–H groups in total. The number of nitrogens with two attached hydrogens (primary N) is 2. The van der Waals surface area contributed by atoms with Crippen LogP contribution in [-0.4, -0.2) is 0 Å². The summed E-state index contributed by atoms with van der Waals surface area (Å²) in [5.74, 6) is 0. The molecule has 0 aliphatic carbocycles. The van der Waals surface area contributed by atoms with E-state index in [0.29, 0.717) is 0 Å². The number of anilines is 2. The number of nitrogen functional groups attached to an aromatic ring is 2. The summed E-state index contributed by atoms with van der Waals surface area (Å²) in [5.41, 5.74) is 25.7. The number of rotatable bonds is 35. The molecule has 0 amide bonds. The molecule has 4 aromatic carbocycles. The summed E-state index contributed by atoms with van der Waals surface area (Å²) in [5, 5.41) is 0. The van der Waals surface area contributed by atoms with Gasteiger partial charge in [0.25, 0.3) is 0 Å². The molecule has 4 aromatic rings. The van der Waals surface area contributed by atoms with Crippen molar-refractivity contribution >= 4 is 11.4 Å². The van der Waals surface area contributed by atoms with Gasteiger partial charge in [0.1, 0.15) is 0 Å². The van der Waals surface area contributed by atoms with Gasteiger partial charge < -0.3 is 11.5 Å². The van der Waals surface area contributed by atoms with Crippen LogP contribution in [0.5, 0.6) is 0 Å². The molecule has 0 fully saturated rings. The summed E-state index contributed by atoms with van der Waals surface area (Å²) >= 11 is 0. The molecule has 2 nitrogen and oxygen atoms in total. The van der Waals surface area contributed by atoms with E-state index in [1.165, 1.54) is 224 Å². The van der Waals surface area contributed by atoms with Gasteiger partial charge in [0.05, 0.1) is 0 Å². The number of hydrogen-bond donors (Lipinski definition) is 2. The maximum atomic E-state index is 6.29. The summed E-state index contributed by atoms with van der Waals surface area (Å²) in [7, 11) is 0. The third-order valence-electron chi connectivity index (χ3n) is 13.1. The summed E-state index contributed by atoms with van der Waals surface area (Å²) in [6.07, 6.45) is 42.3. The smallest absolute Gasteiger partial charge is 0.0346 e. The Bertz CT molecular complexity index is 1530. The minimum Gasteiger partial charge on any atom is -0.399 e. The van der Waals surface area contributed by atoms with E-state index in [9.17, 15) is 0 Å². The Kier molecular flexibility index (Phi) is 25.7. The van der Waals surface area contributed by atoms with Gasteiger partial charge in [-0.25, -0.2) is 0 Å². The first kappa shape index (κ1) is 49.1. The highest BCUT2D eigenvalue weighted by atomic mass is 14.6. The largest absolute Gasteiger partial charge is 0.399 e. The van der Waals surface area contributed by atoms with Gasteiger partial charge in [-0.05, 0) is 121 Å². The third kappa shape index (κ3) is 21.3. The average Bonchev–Trinajstić information content (AvgIpc) is 3.26. The van der Waals surface area contributed by atoms with Crippen LogP contribution in [-0.2, 0) is 38.5 Å². The molecule has 0 heterocycles. The van der Waals surface area contributed by atoms with Crippen molar-refractivity contribution in [3.63, 3.8) is 0 Å². The quantitative estimate of drug-likeness (QED) is 0.0359. The molecule has 0 saturated carbocycles. The van der Waals surface area contributed by atoms with Crippen molar-refractivity contribution < 1.29 is 0 Å². The summed E-state index contributed by atoms with van der Waals surface area (Å²) in [6.45, 7) is 4.54. The van der Waals surface area contributed by atoms with Gasteiger partial charge in [-0.15, -0.1) is 0 Å². The highest BCUT2D eigenvalue weighted by Gasteiger charge is 2.06. The van der Waals surface area contributed by atoms with E-state index in [4.69, 9.17) is 11.5 Å². The molecule has 0 spiro atoms. The molecule has 4 rings (SSSR count). The van der Waals surface area contributed by atoms with Gasteiger partial charge in [-0.2, -0.15) is 0 Å². The van der Waals surface area contributed by atoms with E-state index in [2.05, 4.69) is 98.8 Å². The minimum absolute atomic E-state index is 0.956. The number of benzene rings is 4. The van der Waals surface area contributed by atoms with Crippen LogP contribution in [0.2, 0.25) is 0 Å². The lowest BCUT2D eigenvalue weighted by Gasteiger charge is -2.10. The van der Waals surface area contributed by atoms with Crippen LogP contribution in [0.3, 0.4) is 0 Å². The Morgan fingerprint density at radius 2 is 0.517 bits per heavy atom. The van der Waals surface area contributed by atoms with Crippen molar-refractivity contribution in [2.75, 3.05) is 11.5 Å². The Morgan fingerprint density at radius 3 is 0.833 bits per heavy atom. The lowest BCUT2D eigenvalue weighted by Crippen LogP contribution is -1.98. The molecule has 0 aliphatic rings. The molecule has 0 saturated heterocycles. The average molecular weight is 813 g/mol. The fraction of sp³-hybridized carbons (Fsp3) is 0.586. The number of hydrogen-bond acceptors (Lipinski definition) is 2. The monoisotopic (exact) mass is 813 g/mol. The van der Waals surface area contributed by atoms with E-state index in [-0.39, 0.29) is 0 Å². The maximum Gasteiger partial charge on any atom is 0.0346 e. The van der Waals surface area contributed by atoms with Crippen LogP contribution < -0.4 is 11.5 Å². The van der Waals surface area contributed by atoms with Gasteiger partial charge in [-0.1, -0.05) is 228 Å². The van der Waals surface area contributed by atoms with Crippen molar-refractivity contribution in [1.82, 2.24) is 0 Å². The first-order valence-electron chi connectivity index (χ1n) is 25.4. The highest BCUT2D eigenvalue weighted by Crippen LogP contribution is 2.23. The van der Waals surface area contributed by atoms with E-state index < -0.39 is 0 Å². The molecule has 330 valence electrons. The first-order valence-corrected chi connectivity index (χ1v) is 25.4. The van der Waals surface area contributed by atoms with Gasteiger partial charge in [0, 0.05) is 11.4 Å². The van der Waals surface area contributed by atoms with E-state index in [1.807, 2.05) is 0 Å². The fourth-order valence-electron chi connectivity index (χ4n) is 9.06. The molecular formula is C58H88N2. The minimum atomic E-state index is 0.956. The summed E-state index contributed by atoms with van der Waals surface area (Å²) in [6, 6.07) is 32.1. The molecular weight excluding hydrogens is 725 g/mol. The summed E-state index contributed by atoms with van der Waals surface area (Å²) in [4.78, 5) is 0. The van der Waals surface area contributed by atoms with Crippen molar-refractivity contribution in [1.29, 1.82) is 0 Å². The fourth-order valence-corrected chi connectivity index (χ4v) is 9.06. The van der Waals surface area contributed by atoms with E-state index in [1.54, 1.807) is 0 Å². The van der Waals surface area contributed by atoms with E-state index in [0.717, 1.165) is 37.1 Å². The second-order valence-electron chi connectivity index (χ2n) is 18.5. The van der Waals surface area contributed by atoms with Crippen molar-refractivity contribution in [2.45, 2.75) is 219 Å². The van der Waals surface area contributed by atoms with Gasteiger partial charge in [-0.3, -0.25) is 0 Å². The first-order chi connectivity index (χ1) is 29.5. The zero-order valence-electron chi connectivity index (χ0n) is 38.9. The predicted molar refractivity (Wildman–Crippen MR) is 266 cm³/mol. The van der Waals surface area contributed by atoms with Gasteiger partial charge in [0.15, 0.2) is 0 Å². The van der Waals surface area contributed by atoms with Crippen LogP contribution in [0.4, 0.5) is 11.4 Å². The molecule has 0 atom stereocenters. The molecule has 0 bridgehead atoms. The lowest BCUT2D eigenvalue weighted by atomic mass is 9.97. The summed E-state index contributed by atoms with van der Waals surface area (Å²) < 4.78 is 0. The topological polar surface area (TPSA) is 52.0 Å². The molecule has 0 unspecified atom stereocenters. The number of aryl methyl sites for hydroxylation is 4. The molecule has 0 radical (unpaired) electrons. The third-order valence-corrected chi connectivity index (χ3v) is 13.1. The molecule has 2 heteroatoms. The van der Waals surface area contributed by atoms with Crippen LogP contribution in [0.25, 0.3) is 0 Å². The standard InChI is InChI=1S/C58H88N2/c1-3-5-7-27-31-55-47-53(41-43-57(55)59)45-51-37-33-49(34-38-51)29-25-23-21-19-17-15-13-11-9-10-12-14-16-18-20-22-24-26-30-50-35-39-52(40-36-50)46-54-42-44-58(60)56(48-54)32-28-8-6-4-2/h33-44,47-48H,3-32,45-46,59-60H2,1-2H3. The van der Waals surface area contributed by atoms with Crippen LogP contribution in [0.1, 0.15) is 225 Å². The van der Waals surface area contributed by atoms with Gasteiger partial charge >= 0.3 is 0 Å². The van der Waals surface area contributed by atoms with E-state index >= 15 is 0 Å². The molecule has 0 aromatic heterocycles. The lowest BCUT2D eigenvalue weighted by molar-refractivity contribution is 0.524. The predicted octanol–water partition coefficient (Wildman–Crippen LogP) is 17.1. The Morgan fingerprint density at radius 1 is 0.267 bits per heavy atom. The van der Waals surface area contributed by atoms with Crippen LogP contribution >= 0.6 is 0 Å². The van der Waals surface area contributed by atoms with Crippen LogP contribution in [0.15, 0.2) is 84.9 Å². The Balaban J connectivity index is 0.892. The zero-order chi connectivity index (χ0) is 42.3. The molecule has 0 aliphatic heterocycles. The van der Waals surface area contributed by atoms with Crippen molar-refractivity contribution in [3.8, 4) is 0 Å². The maximum absolute atomic E-state index is 6.29. The highest BCUT2D eigenvalue weighted by molar-refractivity contribution is 5.50. The SMILES string of the molecule is CCCCCCc1cc(Cc2ccc(CCCCCCCCCCCCCCCCCCCCc3ccc(Cc4ccc(N)c(CCCCCC)c4)cc3)cc2)ccc1N. The Hall–Kier alpha value is -3.52. The van der Waals surface area contributed by atoms with Crippen LogP contribution in [0, 0.1) is 0 Å².